The highest BCUT2D eigenvalue weighted by Gasteiger charge is 2.18. The smallest absolute Gasteiger partial charge is 0.328 e. The predicted molar refractivity (Wildman–Crippen MR) is 160 cm³/mol. The summed E-state index contributed by atoms with van der Waals surface area (Å²) >= 11 is 0. The summed E-state index contributed by atoms with van der Waals surface area (Å²) < 4.78 is 38.3. The van der Waals surface area contributed by atoms with Crippen molar-refractivity contribution < 1.29 is 38.1 Å². The van der Waals surface area contributed by atoms with Crippen molar-refractivity contribution in [2.24, 2.45) is 0 Å². The molecule has 1 heterocycles. The molecule has 228 valence electrons. The Morgan fingerprint density at radius 3 is 1.74 bits per heavy atom. The predicted octanol–water partition coefficient (Wildman–Crippen LogP) is 5.12. The largest absolute Gasteiger partial charge is 0.497 e. The lowest BCUT2D eigenvalue weighted by atomic mass is 10.0. The Hall–Kier alpha value is -4.38. The maximum absolute atomic E-state index is 13.4. The van der Waals surface area contributed by atoms with E-state index < -0.39 is 11.9 Å². The van der Waals surface area contributed by atoms with Crippen molar-refractivity contribution >= 4 is 18.0 Å². The van der Waals surface area contributed by atoms with Crippen molar-refractivity contribution in [3.63, 3.8) is 0 Å². The molecule has 43 heavy (non-hydrogen) atoms. The van der Waals surface area contributed by atoms with E-state index in [9.17, 15) is 18.4 Å². The zero-order chi connectivity index (χ0) is 31.0. The first-order chi connectivity index (χ1) is 20.7. The van der Waals surface area contributed by atoms with Crippen molar-refractivity contribution in [1.29, 1.82) is 0 Å². The SMILES string of the molecule is COc1ccc(C=CCN2CCN(CCOC(c3ccc(F)cc3)c3ccc(F)cc3)CC2)cc1.O=C(O)/C=C\C(=O)O. The van der Waals surface area contributed by atoms with Gasteiger partial charge in [-0.1, -0.05) is 48.6 Å². The van der Waals surface area contributed by atoms with Gasteiger partial charge in [0.1, 0.15) is 23.5 Å². The van der Waals surface area contributed by atoms with E-state index in [2.05, 4.69) is 34.1 Å². The second-order valence-corrected chi connectivity index (χ2v) is 9.68. The number of carbonyl (C=O) groups is 2. The van der Waals surface area contributed by atoms with Gasteiger partial charge in [0.25, 0.3) is 0 Å². The minimum atomic E-state index is -1.26. The van der Waals surface area contributed by atoms with Crippen LogP contribution in [-0.2, 0) is 14.3 Å². The molecular weight excluding hydrogens is 558 g/mol. The molecule has 8 nitrogen and oxygen atoms in total. The van der Waals surface area contributed by atoms with Gasteiger partial charge in [-0.25, -0.2) is 18.4 Å². The maximum atomic E-state index is 13.4. The highest BCUT2D eigenvalue weighted by atomic mass is 19.1. The Labute approximate surface area is 250 Å². The van der Waals surface area contributed by atoms with Crippen LogP contribution in [0.15, 0.2) is 91.0 Å². The van der Waals surface area contributed by atoms with E-state index in [1.54, 1.807) is 31.4 Å². The third kappa shape index (κ3) is 12.2. The van der Waals surface area contributed by atoms with Crippen LogP contribution in [0.2, 0.25) is 0 Å². The first-order valence-electron chi connectivity index (χ1n) is 13.7. The number of hydrogen-bond acceptors (Lipinski definition) is 6. The van der Waals surface area contributed by atoms with Gasteiger partial charge in [0.05, 0.1) is 13.7 Å². The molecule has 1 aliphatic heterocycles. The average Bonchev–Trinajstić information content (AvgIpc) is 3.01. The van der Waals surface area contributed by atoms with Gasteiger partial charge in [-0.15, -0.1) is 0 Å². The zero-order valence-electron chi connectivity index (χ0n) is 23.9. The minimum absolute atomic E-state index is 0.289. The van der Waals surface area contributed by atoms with Gasteiger partial charge in [-0.2, -0.15) is 0 Å². The van der Waals surface area contributed by atoms with Crippen LogP contribution in [0.3, 0.4) is 0 Å². The molecule has 0 spiro atoms. The first-order valence-corrected chi connectivity index (χ1v) is 13.7. The number of halogens is 2. The second-order valence-electron chi connectivity index (χ2n) is 9.68. The standard InChI is InChI=1S/C29H32F2N2O2.C4H4O4/c1-34-28-14-4-23(5-15-28)3-2-16-32-17-19-33(20-18-32)21-22-35-29(24-6-10-26(30)11-7-24)25-8-12-27(31)13-9-25;5-3(6)1-2-4(7)8/h2-15,29H,16-22H2,1H3;1-2H,(H,5,6)(H,7,8)/b;2-1-. The number of carboxylic acids is 2. The topological polar surface area (TPSA) is 99.5 Å². The summed E-state index contributed by atoms with van der Waals surface area (Å²) in [4.78, 5) is 23.9. The fraction of sp³-hybridized carbons (Fsp3) is 0.273. The van der Waals surface area contributed by atoms with E-state index in [0.29, 0.717) is 18.8 Å². The Kier molecular flexibility index (Phi) is 13.5. The van der Waals surface area contributed by atoms with E-state index >= 15 is 0 Å². The zero-order valence-corrected chi connectivity index (χ0v) is 23.9. The van der Waals surface area contributed by atoms with E-state index in [1.807, 2.05) is 12.1 Å². The van der Waals surface area contributed by atoms with E-state index in [-0.39, 0.29) is 17.7 Å². The van der Waals surface area contributed by atoms with Crippen molar-refractivity contribution in [3.8, 4) is 5.75 Å². The molecule has 0 aromatic heterocycles. The summed E-state index contributed by atoms with van der Waals surface area (Å²) in [5.41, 5.74) is 2.87. The molecule has 10 heteroatoms. The summed E-state index contributed by atoms with van der Waals surface area (Å²) in [5.74, 6) is -2.23. The number of ether oxygens (including phenoxy) is 2. The van der Waals surface area contributed by atoms with Crippen molar-refractivity contribution in [2.75, 3.05) is 53.0 Å². The van der Waals surface area contributed by atoms with Gasteiger partial charge < -0.3 is 19.7 Å². The fourth-order valence-corrected chi connectivity index (χ4v) is 4.35. The van der Waals surface area contributed by atoms with Crippen molar-refractivity contribution in [3.05, 3.63) is 119 Å². The van der Waals surface area contributed by atoms with Crippen LogP contribution in [0.1, 0.15) is 22.8 Å². The number of aliphatic carboxylic acids is 2. The van der Waals surface area contributed by atoms with Gasteiger partial charge in [-0.05, 0) is 53.1 Å². The first kappa shape index (κ1) is 33.1. The monoisotopic (exact) mass is 594 g/mol. The van der Waals surface area contributed by atoms with Crippen LogP contribution in [0.25, 0.3) is 6.08 Å². The molecular formula is C33H36F2N2O6. The molecule has 1 fully saturated rings. The molecule has 0 saturated carbocycles. The van der Waals surface area contributed by atoms with Crippen LogP contribution >= 0.6 is 0 Å². The summed E-state index contributed by atoms with van der Waals surface area (Å²) in [7, 11) is 1.67. The molecule has 4 rings (SSSR count). The van der Waals surface area contributed by atoms with Gasteiger partial charge in [0.15, 0.2) is 0 Å². The van der Waals surface area contributed by atoms with Crippen LogP contribution in [0.4, 0.5) is 8.78 Å². The normalized spacial score (nSPS) is 14.1. The Morgan fingerprint density at radius 2 is 1.28 bits per heavy atom. The van der Waals surface area contributed by atoms with Crippen molar-refractivity contribution in [2.45, 2.75) is 6.10 Å². The van der Waals surface area contributed by atoms with E-state index in [1.165, 1.54) is 29.8 Å². The Balaban J connectivity index is 0.000000557. The summed E-state index contributed by atoms with van der Waals surface area (Å²) in [6.07, 6.45) is 5.10. The molecule has 1 aliphatic rings. The van der Waals surface area contributed by atoms with Gasteiger partial charge in [-0.3, -0.25) is 9.80 Å². The molecule has 2 N–H and O–H groups in total. The molecule has 0 radical (unpaired) electrons. The molecule has 0 bridgehead atoms. The molecule has 0 atom stereocenters. The fourth-order valence-electron chi connectivity index (χ4n) is 4.35. The van der Waals surface area contributed by atoms with Crippen LogP contribution in [0, 0.1) is 11.6 Å². The molecule has 3 aromatic rings. The number of piperazine rings is 1. The lowest BCUT2D eigenvalue weighted by Gasteiger charge is -2.34. The molecule has 1 saturated heterocycles. The molecule has 0 aliphatic carbocycles. The lowest BCUT2D eigenvalue weighted by molar-refractivity contribution is -0.134. The van der Waals surface area contributed by atoms with Crippen molar-refractivity contribution in [1.82, 2.24) is 9.80 Å². The third-order valence-corrected chi connectivity index (χ3v) is 6.66. The number of nitrogens with zero attached hydrogens (tertiary/aromatic N) is 2. The van der Waals surface area contributed by atoms with Crippen LogP contribution < -0.4 is 4.74 Å². The van der Waals surface area contributed by atoms with E-state index in [0.717, 1.165) is 56.1 Å². The second kappa shape index (κ2) is 17.5. The van der Waals surface area contributed by atoms with Gasteiger partial charge in [0.2, 0.25) is 0 Å². The highest BCUT2D eigenvalue weighted by Crippen LogP contribution is 2.26. The third-order valence-electron chi connectivity index (χ3n) is 6.66. The number of hydrogen-bond donors (Lipinski definition) is 2. The highest BCUT2D eigenvalue weighted by molar-refractivity contribution is 5.89. The number of methoxy groups -OCH3 is 1. The van der Waals surface area contributed by atoms with Crippen LogP contribution in [0.5, 0.6) is 5.75 Å². The van der Waals surface area contributed by atoms with Gasteiger partial charge in [0, 0.05) is 51.4 Å². The summed E-state index contributed by atoms with van der Waals surface area (Å²) in [6.45, 7) is 6.26. The molecule has 0 amide bonds. The minimum Gasteiger partial charge on any atom is -0.497 e. The molecule has 3 aromatic carbocycles. The van der Waals surface area contributed by atoms with Gasteiger partial charge >= 0.3 is 11.9 Å². The quantitative estimate of drug-likeness (QED) is 0.279. The summed E-state index contributed by atoms with van der Waals surface area (Å²) in [6, 6.07) is 20.7. The number of carboxylic acid groups (broad SMARTS) is 2. The van der Waals surface area contributed by atoms with Crippen LogP contribution in [-0.4, -0.2) is 84.9 Å². The Morgan fingerprint density at radius 1 is 0.791 bits per heavy atom. The molecule has 0 unspecified atom stereocenters. The number of benzene rings is 3. The Bertz CT molecular complexity index is 1280. The number of rotatable bonds is 12. The lowest BCUT2D eigenvalue weighted by Crippen LogP contribution is -2.47. The maximum Gasteiger partial charge on any atom is 0.328 e. The van der Waals surface area contributed by atoms with E-state index in [4.69, 9.17) is 19.7 Å². The summed E-state index contributed by atoms with van der Waals surface area (Å²) in [5, 5.41) is 15.6. The average molecular weight is 595 g/mol.